The highest BCUT2D eigenvalue weighted by Crippen LogP contribution is 2.16. The van der Waals surface area contributed by atoms with E-state index in [1.165, 1.54) is 17.3 Å². The number of carbonyl (C=O) groups is 2. The van der Waals surface area contributed by atoms with Crippen LogP contribution in [0.4, 0.5) is 4.79 Å². The summed E-state index contributed by atoms with van der Waals surface area (Å²) >= 11 is 1.32. The number of H-pyrrole nitrogens is 1. The first-order chi connectivity index (χ1) is 9.66. The van der Waals surface area contributed by atoms with E-state index < -0.39 is 0 Å². The first kappa shape index (κ1) is 14.9. The zero-order chi connectivity index (χ0) is 14.4. The fourth-order valence-corrected chi connectivity index (χ4v) is 2.94. The Kier molecular flexibility index (Phi) is 5.46. The third-order valence-electron chi connectivity index (χ3n) is 3.33. The van der Waals surface area contributed by atoms with Crippen molar-refractivity contribution in [2.24, 2.45) is 0 Å². The third kappa shape index (κ3) is 4.26. The highest BCUT2D eigenvalue weighted by Gasteiger charge is 2.21. The Hall–Kier alpha value is -1.50. The largest absolute Gasteiger partial charge is 0.356 e. The highest BCUT2D eigenvalue weighted by atomic mass is 32.2. The number of rotatable bonds is 7. The second-order valence-electron chi connectivity index (χ2n) is 4.83. The van der Waals surface area contributed by atoms with E-state index in [-0.39, 0.29) is 11.1 Å². The van der Waals surface area contributed by atoms with Gasteiger partial charge in [-0.2, -0.15) is 5.10 Å². The van der Waals surface area contributed by atoms with Crippen LogP contribution in [0.15, 0.2) is 6.20 Å². The van der Waals surface area contributed by atoms with Crippen LogP contribution in [0.3, 0.4) is 0 Å². The lowest BCUT2D eigenvalue weighted by Gasteiger charge is -2.13. The molecule has 0 atom stereocenters. The van der Waals surface area contributed by atoms with E-state index in [9.17, 15) is 9.59 Å². The Morgan fingerprint density at radius 1 is 1.60 bits per heavy atom. The molecule has 0 radical (unpaired) electrons. The predicted octanol–water partition coefficient (Wildman–Crippen LogP) is 1.33. The highest BCUT2D eigenvalue weighted by molar-refractivity contribution is 8.13. The van der Waals surface area contributed by atoms with Gasteiger partial charge in [0.25, 0.3) is 5.24 Å². The summed E-state index contributed by atoms with van der Waals surface area (Å²) in [5.74, 6) is 0.850. The summed E-state index contributed by atoms with van der Waals surface area (Å²) in [5, 5.41) is 9.84. The lowest BCUT2D eigenvalue weighted by molar-refractivity contribution is -0.121. The van der Waals surface area contributed by atoms with E-state index in [4.69, 9.17) is 0 Å². The molecule has 2 N–H and O–H groups in total. The summed E-state index contributed by atoms with van der Waals surface area (Å²) in [4.78, 5) is 24.8. The molecule has 0 unspecified atom stereocenters. The minimum atomic E-state index is 0.0126. The van der Waals surface area contributed by atoms with Crippen LogP contribution in [0.5, 0.6) is 0 Å². The fourth-order valence-electron chi connectivity index (χ4n) is 2.09. The van der Waals surface area contributed by atoms with Gasteiger partial charge in [-0.05, 0) is 25.3 Å². The quantitative estimate of drug-likeness (QED) is 0.744. The van der Waals surface area contributed by atoms with Crippen molar-refractivity contribution in [2.75, 3.05) is 25.4 Å². The smallest absolute Gasteiger partial charge is 0.281 e. The standard InChI is InChI=1S/C13H20N4O2S/c1-10-11(9-15-16-10)3-2-5-14-12(18)4-6-17-7-8-20-13(17)19/h9H,2-8H2,1H3,(H,14,18)(H,15,16). The van der Waals surface area contributed by atoms with Crippen LogP contribution in [-0.2, 0) is 11.2 Å². The van der Waals surface area contributed by atoms with Crippen molar-refractivity contribution in [3.63, 3.8) is 0 Å². The number of nitrogens with one attached hydrogen (secondary N) is 2. The van der Waals surface area contributed by atoms with Gasteiger partial charge in [-0.1, -0.05) is 11.8 Å². The fraction of sp³-hybridized carbons (Fsp3) is 0.615. The Morgan fingerprint density at radius 2 is 2.45 bits per heavy atom. The first-order valence-electron chi connectivity index (χ1n) is 6.84. The maximum absolute atomic E-state index is 11.7. The molecule has 1 aromatic rings. The molecule has 110 valence electrons. The van der Waals surface area contributed by atoms with E-state index in [0.717, 1.165) is 30.8 Å². The van der Waals surface area contributed by atoms with Crippen molar-refractivity contribution >= 4 is 22.9 Å². The molecular formula is C13H20N4O2S. The number of aromatic nitrogens is 2. The van der Waals surface area contributed by atoms with Crippen LogP contribution in [0.1, 0.15) is 24.1 Å². The van der Waals surface area contributed by atoms with Crippen molar-refractivity contribution in [3.8, 4) is 0 Å². The molecule has 1 aliphatic heterocycles. The maximum atomic E-state index is 11.7. The van der Waals surface area contributed by atoms with Gasteiger partial charge in [0.2, 0.25) is 5.91 Å². The third-order valence-corrected chi connectivity index (χ3v) is 4.22. The molecule has 0 spiro atoms. The number of hydrogen-bond acceptors (Lipinski definition) is 4. The molecule has 1 aromatic heterocycles. The van der Waals surface area contributed by atoms with Crippen molar-refractivity contribution < 1.29 is 9.59 Å². The van der Waals surface area contributed by atoms with Crippen LogP contribution in [-0.4, -0.2) is 51.6 Å². The summed E-state index contributed by atoms with van der Waals surface area (Å²) in [6.45, 7) is 3.94. The molecule has 7 heteroatoms. The first-order valence-corrected chi connectivity index (χ1v) is 7.82. The normalized spacial score (nSPS) is 14.8. The van der Waals surface area contributed by atoms with Crippen molar-refractivity contribution in [3.05, 3.63) is 17.5 Å². The number of thioether (sulfide) groups is 1. The summed E-state index contributed by atoms with van der Waals surface area (Å²) in [6, 6.07) is 0. The molecule has 0 aromatic carbocycles. The van der Waals surface area contributed by atoms with Gasteiger partial charge in [-0.25, -0.2) is 0 Å². The van der Waals surface area contributed by atoms with E-state index in [2.05, 4.69) is 15.5 Å². The van der Waals surface area contributed by atoms with E-state index in [0.29, 0.717) is 19.5 Å². The van der Waals surface area contributed by atoms with Gasteiger partial charge in [0, 0.05) is 37.5 Å². The second kappa shape index (κ2) is 7.33. The Labute approximate surface area is 122 Å². The zero-order valence-corrected chi connectivity index (χ0v) is 12.5. The molecule has 0 saturated carbocycles. The summed E-state index contributed by atoms with van der Waals surface area (Å²) in [5.41, 5.74) is 2.28. The van der Waals surface area contributed by atoms with E-state index in [1.54, 1.807) is 4.90 Å². The van der Waals surface area contributed by atoms with Crippen molar-refractivity contribution in [1.29, 1.82) is 0 Å². The van der Waals surface area contributed by atoms with Crippen molar-refractivity contribution in [1.82, 2.24) is 20.4 Å². The summed E-state index contributed by atoms with van der Waals surface area (Å²) < 4.78 is 0. The van der Waals surface area contributed by atoms with Crippen LogP contribution in [0, 0.1) is 6.92 Å². The minimum absolute atomic E-state index is 0.0126. The van der Waals surface area contributed by atoms with Gasteiger partial charge in [0.15, 0.2) is 0 Å². The van der Waals surface area contributed by atoms with Gasteiger partial charge in [-0.15, -0.1) is 0 Å². The molecule has 6 nitrogen and oxygen atoms in total. The Morgan fingerprint density at radius 3 is 3.10 bits per heavy atom. The minimum Gasteiger partial charge on any atom is -0.356 e. The number of aromatic amines is 1. The van der Waals surface area contributed by atoms with E-state index in [1.807, 2.05) is 13.1 Å². The Bertz CT molecular complexity index is 475. The average molecular weight is 296 g/mol. The molecule has 2 heterocycles. The summed E-state index contributed by atoms with van der Waals surface area (Å²) in [7, 11) is 0. The maximum Gasteiger partial charge on any atom is 0.281 e. The van der Waals surface area contributed by atoms with Gasteiger partial charge >= 0.3 is 0 Å². The monoisotopic (exact) mass is 296 g/mol. The Balaban J connectivity index is 1.56. The number of hydrogen-bond donors (Lipinski definition) is 2. The van der Waals surface area contributed by atoms with Crippen LogP contribution in [0.2, 0.25) is 0 Å². The molecular weight excluding hydrogens is 276 g/mol. The molecule has 2 amide bonds. The summed E-state index contributed by atoms with van der Waals surface area (Å²) in [6.07, 6.45) is 4.01. The van der Waals surface area contributed by atoms with Gasteiger partial charge in [0.05, 0.1) is 6.20 Å². The van der Waals surface area contributed by atoms with Gasteiger partial charge in [-0.3, -0.25) is 14.7 Å². The lowest BCUT2D eigenvalue weighted by atomic mass is 10.1. The molecule has 0 aliphatic carbocycles. The molecule has 1 saturated heterocycles. The van der Waals surface area contributed by atoms with Crippen LogP contribution < -0.4 is 5.32 Å². The zero-order valence-electron chi connectivity index (χ0n) is 11.6. The lowest BCUT2D eigenvalue weighted by Crippen LogP contribution is -2.31. The molecule has 1 fully saturated rings. The average Bonchev–Trinajstić information content (AvgIpc) is 3.01. The molecule has 20 heavy (non-hydrogen) atoms. The van der Waals surface area contributed by atoms with E-state index >= 15 is 0 Å². The number of aryl methyl sites for hydroxylation is 2. The molecule has 1 aliphatic rings. The molecule has 2 rings (SSSR count). The second-order valence-corrected chi connectivity index (χ2v) is 5.87. The van der Waals surface area contributed by atoms with Crippen LogP contribution >= 0.6 is 11.8 Å². The number of nitrogens with zero attached hydrogens (tertiary/aromatic N) is 2. The number of amides is 2. The topological polar surface area (TPSA) is 78.1 Å². The van der Waals surface area contributed by atoms with Crippen molar-refractivity contribution in [2.45, 2.75) is 26.2 Å². The number of carbonyl (C=O) groups excluding carboxylic acids is 2. The predicted molar refractivity (Wildman–Crippen MR) is 78.7 cm³/mol. The molecule has 0 bridgehead atoms. The van der Waals surface area contributed by atoms with Gasteiger partial charge in [0.1, 0.15) is 0 Å². The SMILES string of the molecule is Cc1[nH]ncc1CCCNC(=O)CCN1CCSC1=O. The van der Waals surface area contributed by atoms with Crippen LogP contribution in [0.25, 0.3) is 0 Å². The van der Waals surface area contributed by atoms with Gasteiger partial charge < -0.3 is 10.2 Å².